The summed E-state index contributed by atoms with van der Waals surface area (Å²) in [6, 6.07) is 12.1. The lowest BCUT2D eigenvalue weighted by Gasteiger charge is -2.14. The number of hydrogen-bond acceptors (Lipinski definition) is 2. The van der Waals surface area contributed by atoms with Crippen molar-refractivity contribution in [2.75, 3.05) is 0 Å². The quantitative estimate of drug-likeness (QED) is 0.801. The summed E-state index contributed by atoms with van der Waals surface area (Å²) in [6.07, 6.45) is 2.51. The van der Waals surface area contributed by atoms with Crippen LogP contribution in [0, 0.1) is 6.92 Å². The highest BCUT2D eigenvalue weighted by Crippen LogP contribution is 2.34. The first kappa shape index (κ1) is 14.7. The van der Waals surface area contributed by atoms with Crippen LogP contribution >= 0.6 is 23.2 Å². The molecule has 1 aliphatic rings. The van der Waals surface area contributed by atoms with Crippen molar-refractivity contribution in [1.82, 2.24) is 5.32 Å². The maximum atomic E-state index is 6.30. The molecule has 0 atom stereocenters. The lowest BCUT2D eigenvalue weighted by atomic mass is 10.2. The van der Waals surface area contributed by atoms with Crippen LogP contribution in [0.1, 0.15) is 24.0 Å². The Morgan fingerprint density at radius 2 is 1.95 bits per heavy atom. The van der Waals surface area contributed by atoms with E-state index in [-0.39, 0.29) is 0 Å². The molecule has 3 rings (SSSR count). The smallest absolute Gasteiger partial charge is 0.150 e. The van der Waals surface area contributed by atoms with Crippen molar-refractivity contribution >= 4 is 23.2 Å². The van der Waals surface area contributed by atoms with E-state index in [1.54, 1.807) is 0 Å². The predicted molar refractivity (Wildman–Crippen MR) is 87.6 cm³/mol. The average Bonchev–Trinajstić information content (AvgIpc) is 3.28. The van der Waals surface area contributed by atoms with Gasteiger partial charge in [0.1, 0.15) is 11.5 Å². The lowest BCUT2D eigenvalue weighted by Crippen LogP contribution is -2.15. The van der Waals surface area contributed by atoms with Crippen LogP contribution in [-0.2, 0) is 6.54 Å². The zero-order chi connectivity index (χ0) is 14.8. The molecule has 0 bridgehead atoms. The van der Waals surface area contributed by atoms with Crippen LogP contribution in [0.3, 0.4) is 0 Å². The molecular weight excluding hydrogens is 305 g/mol. The first-order valence-corrected chi connectivity index (χ1v) is 7.84. The van der Waals surface area contributed by atoms with E-state index >= 15 is 0 Å². The monoisotopic (exact) mass is 321 g/mol. The Labute approximate surface area is 135 Å². The number of rotatable bonds is 5. The van der Waals surface area contributed by atoms with Gasteiger partial charge in [0.15, 0.2) is 0 Å². The molecule has 0 heterocycles. The Bertz CT molecular complexity index is 653. The molecule has 110 valence electrons. The van der Waals surface area contributed by atoms with Crippen LogP contribution in [0.5, 0.6) is 11.5 Å². The average molecular weight is 322 g/mol. The third-order valence-corrected chi connectivity index (χ3v) is 4.28. The molecule has 1 aliphatic carbocycles. The van der Waals surface area contributed by atoms with Crippen molar-refractivity contribution in [2.24, 2.45) is 0 Å². The summed E-state index contributed by atoms with van der Waals surface area (Å²) in [7, 11) is 0. The van der Waals surface area contributed by atoms with Crippen molar-refractivity contribution in [3.05, 3.63) is 57.6 Å². The normalized spacial score (nSPS) is 14.2. The van der Waals surface area contributed by atoms with Crippen molar-refractivity contribution < 1.29 is 4.74 Å². The molecule has 1 saturated carbocycles. The van der Waals surface area contributed by atoms with Gasteiger partial charge in [0.25, 0.3) is 0 Å². The molecule has 4 heteroatoms. The van der Waals surface area contributed by atoms with Crippen LogP contribution in [0.4, 0.5) is 0 Å². The Morgan fingerprint density at radius 3 is 2.67 bits per heavy atom. The lowest BCUT2D eigenvalue weighted by molar-refractivity contribution is 0.472. The van der Waals surface area contributed by atoms with Gasteiger partial charge < -0.3 is 10.1 Å². The fraction of sp³-hybridized carbons (Fsp3) is 0.294. The minimum atomic E-state index is 0.623. The van der Waals surface area contributed by atoms with E-state index in [1.165, 1.54) is 12.8 Å². The second-order valence-electron chi connectivity index (χ2n) is 5.40. The number of halogens is 2. The maximum Gasteiger partial charge on any atom is 0.150 e. The molecule has 0 amide bonds. The Morgan fingerprint density at radius 1 is 1.14 bits per heavy atom. The number of para-hydroxylation sites is 1. The Balaban J connectivity index is 1.83. The van der Waals surface area contributed by atoms with Gasteiger partial charge in [-0.1, -0.05) is 35.3 Å². The highest BCUT2D eigenvalue weighted by molar-refractivity contribution is 6.32. The Kier molecular flexibility index (Phi) is 4.39. The summed E-state index contributed by atoms with van der Waals surface area (Å²) >= 11 is 12.3. The first-order valence-electron chi connectivity index (χ1n) is 7.08. The topological polar surface area (TPSA) is 21.3 Å². The number of aryl methyl sites for hydroxylation is 1. The van der Waals surface area contributed by atoms with Gasteiger partial charge in [0.05, 0.1) is 5.02 Å². The Hall–Kier alpha value is -1.22. The highest BCUT2D eigenvalue weighted by Gasteiger charge is 2.21. The maximum absolute atomic E-state index is 6.30. The van der Waals surface area contributed by atoms with E-state index in [2.05, 4.69) is 5.32 Å². The molecule has 21 heavy (non-hydrogen) atoms. The van der Waals surface area contributed by atoms with Gasteiger partial charge in [-0.3, -0.25) is 0 Å². The molecule has 0 unspecified atom stereocenters. The second-order valence-corrected chi connectivity index (χ2v) is 6.21. The van der Waals surface area contributed by atoms with E-state index in [0.29, 0.717) is 16.8 Å². The van der Waals surface area contributed by atoms with E-state index in [0.717, 1.165) is 28.4 Å². The summed E-state index contributed by atoms with van der Waals surface area (Å²) in [6.45, 7) is 2.73. The van der Waals surface area contributed by atoms with Crippen LogP contribution in [0.25, 0.3) is 0 Å². The number of benzene rings is 2. The van der Waals surface area contributed by atoms with Gasteiger partial charge >= 0.3 is 0 Å². The van der Waals surface area contributed by atoms with Crippen LogP contribution in [-0.4, -0.2) is 6.04 Å². The zero-order valence-electron chi connectivity index (χ0n) is 11.8. The largest absolute Gasteiger partial charge is 0.455 e. The van der Waals surface area contributed by atoms with Crippen molar-refractivity contribution in [1.29, 1.82) is 0 Å². The van der Waals surface area contributed by atoms with Crippen LogP contribution < -0.4 is 10.1 Å². The second kappa shape index (κ2) is 6.27. The molecule has 1 fully saturated rings. The number of ether oxygens (including phenoxy) is 1. The van der Waals surface area contributed by atoms with Gasteiger partial charge in [-0.2, -0.15) is 0 Å². The minimum absolute atomic E-state index is 0.623. The van der Waals surface area contributed by atoms with Crippen molar-refractivity contribution in [3.8, 4) is 11.5 Å². The first-order chi connectivity index (χ1) is 10.1. The van der Waals surface area contributed by atoms with E-state index < -0.39 is 0 Å². The fourth-order valence-corrected chi connectivity index (χ4v) is 2.50. The van der Waals surface area contributed by atoms with Gasteiger partial charge in [-0.05, 0) is 49.6 Å². The molecule has 0 radical (unpaired) electrons. The summed E-state index contributed by atoms with van der Waals surface area (Å²) in [5, 5.41) is 4.84. The summed E-state index contributed by atoms with van der Waals surface area (Å²) in [5.74, 6) is 1.46. The summed E-state index contributed by atoms with van der Waals surface area (Å²) in [4.78, 5) is 0. The molecular formula is C17H17Cl2NO. The molecule has 0 saturated heterocycles. The van der Waals surface area contributed by atoms with Gasteiger partial charge in [-0.25, -0.2) is 0 Å². The molecule has 0 aliphatic heterocycles. The number of nitrogens with one attached hydrogen (secondary N) is 1. The third-order valence-electron chi connectivity index (χ3n) is 3.56. The molecule has 2 nitrogen and oxygen atoms in total. The predicted octanol–water partition coefficient (Wildman–Crippen LogP) is 5.35. The number of hydrogen-bond donors (Lipinski definition) is 1. The van der Waals surface area contributed by atoms with Crippen molar-refractivity contribution in [2.45, 2.75) is 32.4 Å². The molecule has 0 aromatic heterocycles. The van der Waals surface area contributed by atoms with Crippen molar-refractivity contribution in [3.63, 3.8) is 0 Å². The van der Waals surface area contributed by atoms with Gasteiger partial charge in [-0.15, -0.1) is 0 Å². The highest BCUT2D eigenvalue weighted by atomic mass is 35.5. The van der Waals surface area contributed by atoms with E-state index in [1.807, 2.05) is 43.3 Å². The summed E-state index contributed by atoms with van der Waals surface area (Å²) in [5.41, 5.74) is 2.06. The molecule has 2 aromatic rings. The third kappa shape index (κ3) is 3.70. The van der Waals surface area contributed by atoms with E-state index in [9.17, 15) is 0 Å². The molecule has 1 N–H and O–H groups in total. The van der Waals surface area contributed by atoms with Gasteiger partial charge in [0, 0.05) is 23.2 Å². The van der Waals surface area contributed by atoms with Gasteiger partial charge in [0.2, 0.25) is 0 Å². The standard InChI is InChI=1S/C17H17Cl2NO/c1-11-9-14(7-8-15(11)18)21-17-12(3-2-4-16(17)19)10-20-13-5-6-13/h2-4,7-9,13,20H,5-6,10H2,1H3. The zero-order valence-corrected chi connectivity index (χ0v) is 13.3. The van der Waals surface area contributed by atoms with E-state index in [4.69, 9.17) is 27.9 Å². The van der Waals surface area contributed by atoms with Crippen LogP contribution in [0.15, 0.2) is 36.4 Å². The van der Waals surface area contributed by atoms with Crippen LogP contribution in [0.2, 0.25) is 10.0 Å². The SMILES string of the molecule is Cc1cc(Oc2c(Cl)cccc2CNC2CC2)ccc1Cl. The summed E-state index contributed by atoms with van der Waals surface area (Å²) < 4.78 is 6.00. The fourth-order valence-electron chi connectivity index (χ4n) is 2.15. The molecule has 0 spiro atoms. The minimum Gasteiger partial charge on any atom is -0.455 e. The molecule has 2 aromatic carbocycles.